The first kappa shape index (κ1) is 25.2. The highest BCUT2D eigenvalue weighted by atomic mass is 127. The molecule has 0 spiro atoms. The molecule has 5 nitrogen and oxygen atoms in total. The molecule has 174 valence electrons. The molecular formula is C25H17Br2ClINO4. The van der Waals surface area contributed by atoms with Gasteiger partial charge in [-0.05, 0) is 93.5 Å². The Kier molecular flexibility index (Phi) is 8.34. The van der Waals surface area contributed by atoms with Crippen LogP contribution >= 0.6 is 66.1 Å². The quantitative estimate of drug-likeness (QED) is 0.142. The van der Waals surface area contributed by atoms with Crippen LogP contribution < -0.4 is 9.47 Å². The van der Waals surface area contributed by atoms with Gasteiger partial charge in [-0.2, -0.15) is 0 Å². The molecule has 0 amide bonds. The summed E-state index contributed by atoms with van der Waals surface area (Å²) in [6, 6.07) is 16.9. The molecule has 3 aromatic carbocycles. The Balaban J connectivity index is 1.62. The summed E-state index contributed by atoms with van der Waals surface area (Å²) in [6.07, 6.45) is 1.61. The van der Waals surface area contributed by atoms with Crippen LogP contribution in [-0.2, 0) is 16.1 Å². The summed E-state index contributed by atoms with van der Waals surface area (Å²) in [5.74, 6) is 0.625. The number of cyclic esters (lactones) is 1. The molecule has 1 aliphatic rings. The van der Waals surface area contributed by atoms with E-state index in [-0.39, 0.29) is 11.6 Å². The molecule has 0 saturated carbocycles. The number of rotatable bonds is 7. The van der Waals surface area contributed by atoms with Crippen LogP contribution in [0.2, 0.25) is 5.02 Å². The van der Waals surface area contributed by atoms with Gasteiger partial charge in [-0.1, -0.05) is 45.7 Å². The molecule has 34 heavy (non-hydrogen) atoms. The minimum atomic E-state index is -0.534. The maximum absolute atomic E-state index is 12.5. The average Bonchev–Trinajstić information content (AvgIpc) is 3.16. The number of benzene rings is 3. The normalized spacial score (nSPS) is 14.2. The SMILES string of the molecule is CCOc1cc(/C=C2\N=C(c3ccc(I)c(Br)c3)OC2=O)cc(Cl)c1OCc1ccccc1Br. The molecular weight excluding hydrogens is 700 g/mol. The fourth-order valence-electron chi connectivity index (χ4n) is 3.16. The van der Waals surface area contributed by atoms with Gasteiger partial charge < -0.3 is 14.2 Å². The van der Waals surface area contributed by atoms with Crippen molar-refractivity contribution < 1.29 is 19.0 Å². The molecule has 1 aliphatic heterocycles. The number of halogens is 4. The minimum absolute atomic E-state index is 0.171. The van der Waals surface area contributed by atoms with E-state index in [1.165, 1.54) is 0 Å². The van der Waals surface area contributed by atoms with Crippen molar-refractivity contribution in [3.63, 3.8) is 0 Å². The van der Waals surface area contributed by atoms with E-state index >= 15 is 0 Å². The second-order valence-electron chi connectivity index (χ2n) is 7.11. The maximum atomic E-state index is 12.5. The van der Waals surface area contributed by atoms with Crippen molar-refractivity contribution in [1.29, 1.82) is 0 Å². The summed E-state index contributed by atoms with van der Waals surface area (Å²) >= 11 is 15.8. The van der Waals surface area contributed by atoms with E-state index in [9.17, 15) is 4.79 Å². The minimum Gasteiger partial charge on any atom is -0.490 e. The van der Waals surface area contributed by atoms with Gasteiger partial charge in [0.05, 0.1) is 11.6 Å². The molecule has 0 unspecified atom stereocenters. The Bertz CT molecular complexity index is 1330. The zero-order valence-corrected chi connectivity index (χ0v) is 23.9. The van der Waals surface area contributed by atoms with Gasteiger partial charge in [0.2, 0.25) is 5.90 Å². The molecule has 0 fully saturated rings. The van der Waals surface area contributed by atoms with Crippen LogP contribution in [0.3, 0.4) is 0 Å². The van der Waals surface area contributed by atoms with E-state index < -0.39 is 5.97 Å². The van der Waals surface area contributed by atoms with E-state index in [1.54, 1.807) is 18.2 Å². The summed E-state index contributed by atoms with van der Waals surface area (Å²) in [6.45, 7) is 2.61. The first-order chi connectivity index (χ1) is 16.4. The van der Waals surface area contributed by atoms with Crippen molar-refractivity contribution in [1.82, 2.24) is 0 Å². The number of carbonyl (C=O) groups is 1. The number of carbonyl (C=O) groups excluding carboxylic acids is 1. The third-order valence-electron chi connectivity index (χ3n) is 4.75. The Morgan fingerprint density at radius 3 is 2.62 bits per heavy atom. The lowest BCUT2D eigenvalue weighted by Crippen LogP contribution is -2.05. The molecule has 0 atom stereocenters. The van der Waals surface area contributed by atoms with Gasteiger partial charge in [-0.3, -0.25) is 0 Å². The number of aliphatic imine (C=N–C) groups is 1. The summed E-state index contributed by atoms with van der Waals surface area (Å²) in [4.78, 5) is 16.8. The molecule has 0 aliphatic carbocycles. The zero-order chi connectivity index (χ0) is 24.2. The molecule has 0 bridgehead atoms. The highest BCUT2D eigenvalue weighted by Crippen LogP contribution is 2.38. The van der Waals surface area contributed by atoms with Crippen molar-refractivity contribution in [2.45, 2.75) is 13.5 Å². The number of hydrogen-bond acceptors (Lipinski definition) is 5. The Labute approximate surface area is 232 Å². The van der Waals surface area contributed by atoms with Crippen molar-refractivity contribution >= 4 is 84.0 Å². The van der Waals surface area contributed by atoms with Crippen LogP contribution in [-0.4, -0.2) is 18.5 Å². The lowest BCUT2D eigenvalue weighted by atomic mass is 10.1. The molecule has 9 heteroatoms. The monoisotopic (exact) mass is 715 g/mol. The van der Waals surface area contributed by atoms with Crippen LogP contribution in [0.25, 0.3) is 6.08 Å². The Morgan fingerprint density at radius 1 is 1.09 bits per heavy atom. The topological polar surface area (TPSA) is 57.1 Å². The predicted octanol–water partition coefficient (Wildman–Crippen LogP) is 7.79. The first-order valence-corrected chi connectivity index (χ1v) is 13.2. The van der Waals surface area contributed by atoms with E-state index in [0.717, 1.165) is 18.1 Å². The Morgan fingerprint density at radius 2 is 1.88 bits per heavy atom. The standard InChI is InChI=1S/C25H17Br2ClINO4/c1-2-32-22-11-14(9-19(28)23(22)33-13-16-5-3-4-6-17(16)26)10-21-25(31)34-24(30-21)15-7-8-20(29)18(27)12-15/h3-12H,2,13H2,1H3/b21-10-. The molecule has 4 rings (SSSR count). The van der Waals surface area contributed by atoms with E-state index in [4.69, 9.17) is 25.8 Å². The fourth-order valence-corrected chi connectivity index (χ4v) is 4.55. The second-order valence-corrected chi connectivity index (χ2v) is 10.4. The summed E-state index contributed by atoms with van der Waals surface area (Å²) in [7, 11) is 0. The predicted molar refractivity (Wildman–Crippen MR) is 149 cm³/mol. The highest BCUT2D eigenvalue weighted by Gasteiger charge is 2.25. The molecule has 0 N–H and O–H groups in total. The smallest absolute Gasteiger partial charge is 0.363 e. The molecule has 0 radical (unpaired) electrons. The lowest BCUT2D eigenvalue weighted by molar-refractivity contribution is -0.129. The molecule has 1 heterocycles. The number of hydrogen-bond donors (Lipinski definition) is 0. The van der Waals surface area contributed by atoms with Crippen LogP contribution in [0.5, 0.6) is 11.5 Å². The van der Waals surface area contributed by atoms with Crippen molar-refractivity contribution in [3.05, 3.63) is 94.5 Å². The van der Waals surface area contributed by atoms with Gasteiger partial charge in [-0.15, -0.1) is 0 Å². The fraction of sp³-hybridized carbons (Fsp3) is 0.120. The number of ether oxygens (including phenoxy) is 3. The van der Waals surface area contributed by atoms with Gasteiger partial charge in [0.25, 0.3) is 0 Å². The Hall–Kier alpha value is -1.88. The summed E-state index contributed by atoms with van der Waals surface area (Å²) < 4.78 is 20.0. The molecule has 0 saturated heterocycles. The third kappa shape index (κ3) is 5.84. The van der Waals surface area contributed by atoms with E-state index in [1.807, 2.05) is 49.4 Å². The summed E-state index contributed by atoms with van der Waals surface area (Å²) in [5, 5.41) is 0.363. The van der Waals surface area contributed by atoms with Gasteiger partial charge in [-0.25, -0.2) is 9.79 Å². The van der Waals surface area contributed by atoms with Crippen LogP contribution in [0.1, 0.15) is 23.6 Å². The molecule has 3 aromatic rings. The van der Waals surface area contributed by atoms with Crippen molar-refractivity contribution in [2.24, 2.45) is 4.99 Å². The molecule has 0 aromatic heterocycles. The van der Waals surface area contributed by atoms with Crippen molar-refractivity contribution in [2.75, 3.05) is 6.61 Å². The van der Waals surface area contributed by atoms with Gasteiger partial charge in [0.1, 0.15) is 6.61 Å². The van der Waals surface area contributed by atoms with Crippen molar-refractivity contribution in [3.8, 4) is 11.5 Å². The largest absolute Gasteiger partial charge is 0.490 e. The highest BCUT2D eigenvalue weighted by molar-refractivity contribution is 14.1. The number of esters is 1. The first-order valence-electron chi connectivity index (χ1n) is 10.2. The maximum Gasteiger partial charge on any atom is 0.363 e. The van der Waals surface area contributed by atoms with E-state index in [0.29, 0.717) is 40.9 Å². The van der Waals surface area contributed by atoms with Crippen LogP contribution in [0.4, 0.5) is 0 Å². The number of nitrogens with zero attached hydrogens (tertiary/aromatic N) is 1. The van der Waals surface area contributed by atoms with Crippen LogP contribution in [0, 0.1) is 3.57 Å². The average molecular weight is 718 g/mol. The zero-order valence-electron chi connectivity index (χ0n) is 17.8. The van der Waals surface area contributed by atoms with Gasteiger partial charge >= 0.3 is 5.97 Å². The summed E-state index contributed by atoms with van der Waals surface area (Å²) in [5.41, 5.74) is 2.49. The lowest BCUT2D eigenvalue weighted by Gasteiger charge is -2.15. The van der Waals surface area contributed by atoms with Gasteiger partial charge in [0, 0.05) is 23.6 Å². The second kappa shape index (κ2) is 11.2. The van der Waals surface area contributed by atoms with E-state index in [2.05, 4.69) is 59.4 Å². The van der Waals surface area contributed by atoms with Gasteiger partial charge in [0.15, 0.2) is 17.2 Å². The third-order valence-corrected chi connectivity index (χ3v) is 8.14. The van der Waals surface area contributed by atoms with Crippen LogP contribution in [0.15, 0.2) is 74.2 Å².